The predicted octanol–water partition coefficient (Wildman–Crippen LogP) is 4.36. The third-order valence-electron chi connectivity index (χ3n) is 6.02. The van der Waals surface area contributed by atoms with E-state index in [1.165, 1.54) is 19.8 Å². The van der Waals surface area contributed by atoms with Crippen molar-refractivity contribution in [2.24, 2.45) is 11.8 Å². The molecular weight excluding hydrogens is 344 g/mol. The average molecular weight is 379 g/mol. The van der Waals surface area contributed by atoms with Crippen molar-refractivity contribution in [3.63, 3.8) is 0 Å². The van der Waals surface area contributed by atoms with Crippen molar-refractivity contribution < 1.29 is 23.8 Å². The lowest BCUT2D eigenvalue weighted by molar-refractivity contribution is -0.153. The summed E-state index contributed by atoms with van der Waals surface area (Å²) in [5, 5.41) is 0. The minimum Gasteiger partial charge on any atom is -0.469 e. The number of esters is 2. The summed E-state index contributed by atoms with van der Waals surface area (Å²) >= 11 is 0. The maximum Gasteiger partial charge on any atom is 0.333 e. The maximum absolute atomic E-state index is 12.4. The van der Waals surface area contributed by atoms with Gasteiger partial charge in [0.2, 0.25) is 0 Å². The fraction of sp³-hybridized carbons (Fsp3) is 0.727. The van der Waals surface area contributed by atoms with Gasteiger partial charge in [0.15, 0.2) is 0 Å². The molecule has 0 N–H and O–H groups in total. The summed E-state index contributed by atoms with van der Waals surface area (Å²) in [6.07, 6.45) is 9.61. The molecule has 2 bridgehead atoms. The number of allylic oxidation sites excluding steroid dienone is 3. The highest BCUT2D eigenvalue weighted by Gasteiger charge is 2.45. The summed E-state index contributed by atoms with van der Waals surface area (Å²) in [5.41, 5.74) is 1.76. The second-order valence-electron chi connectivity index (χ2n) is 8.25. The van der Waals surface area contributed by atoms with Gasteiger partial charge in [-0.1, -0.05) is 17.7 Å². The molecule has 1 aliphatic heterocycles. The van der Waals surface area contributed by atoms with E-state index in [1.54, 1.807) is 0 Å². The fourth-order valence-electron chi connectivity index (χ4n) is 4.25. The SMILES string of the molecule is COC(=O)C1=CCCC(C(=O)OC)C2CC(CCC(C)=CCC1)C(C)(C)O2. The zero-order valence-corrected chi connectivity index (χ0v) is 17.4. The number of carbonyl (C=O) groups is 2. The first-order chi connectivity index (χ1) is 12.8. The largest absolute Gasteiger partial charge is 0.469 e. The molecule has 1 fully saturated rings. The third kappa shape index (κ3) is 5.68. The van der Waals surface area contributed by atoms with Crippen LogP contribution < -0.4 is 0 Å². The van der Waals surface area contributed by atoms with Crippen LogP contribution >= 0.6 is 0 Å². The van der Waals surface area contributed by atoms with Gasteiger partial charge in [-0.05, 0) is 71.6 Å². The Morgan fingerprint density at radius 3 is 2.48 bits per heavy atom. The molecule has 0 amide bonds. The van der Waals surface area contributed by atoms with Gasteiger partial charge in [0, 0.05) is 5.57 Å². The number of hydrogen-bond donors (Lipinski definition) is 0. The van der Waals surface area contributed by atoms with Gasteiger partial charge in [-0.25, -0.2) is 4.79 Å². The summed E-state index contributed by atoms with van der Waals surface area (Å²) in [5.74, 6) is -0.412. The number of fused-ring (bicyclic) bond motifs is 2. The first-order valence-electron chi connectivity index (χ1n) is 9.97. The molecule has 0 aromatic heterocycles. The molecule has 152 valence electrons. The third-order valence-corrected chi connectivity index (χ3v) is 6.02. The van der Waals surface area contributed by atoms with Gasteiger partial charge in [-0.2, -0.15) is 0 Å². The molecule has 5 heteroatoms. The lowest BCUT2D eigenvalue weighted by atomic mass is 9.82. The molecule has 1 heterocycles. The summed E-state index contributed by atoms with van der Waals surface area (Å²) in [6, 6.07) is 0. The molecule has 2 rings (SSSR count). The zero-order valence-electron chi connectivity index (χ0n) is 17.4. The van der Waals surface area contributed by atoms with Crippen LogP contribution in [0, 0.1) is 11.8 Å². The Balaban J connectivity index is 2.27. The smallest absolute Gasteiger partial charge is 0.333 e. The molecule has 0 saturated carbocycles. The molecule has 0 spiro atoms. The second-order valence-corrected chi connectivity index (χ2v) is 8.25. The highest BCUT2D eigenvalue weighted by atomic mass is 16.5. The predicted molar refractivity (Wildman–Crippen MR) is 104 cm³/mol. The van der Waals surface area contributed by atoms with Gasteiger partial charge < -0.3 is 14.2 Å². The Morgan fingerprint density at radius 1 is 1.07 bits per heavy atom. The van der Waals surface area contributed by atoms with Crippen LogP contribution in [-0.4, -0.2) is 37.9 Å². The van der Waals surface area contributed by atoms with E-state index in [2.05, 4.69) is 26.8 Å². The van der Waals surface area contributed by atoms with E-state index in [4.69, 9.17) is 14.2 Å². The normalized spacial score (nSPS) is 29.1. The van der Waals surface area contributed by atoms with Crippen molar-refractivity contribution in [3.8, 4) is 0 Å². The minimum absolute atomic E-state index is 0.139. The van der Waals surface area contributed by atoms with Gasteiger partial charge in [-0.15, -0.1) is 0 Å². The Hall–Kier alpha value is -1.62. The highest BCUT2D eigenvalue weighted by molar-refractivity contribution is 5.88. The lowest BCUT2D eigenvalue weighted by Crippen LogP contribution is -2.32. The standard InChI is InChI=1S/C22H34O5/c1-15-8-6-9-16(20(23)25-4)10-7-11-18(21(24)26-5)19-14-17(13-12-15)22(2,3)27-19/h8,10,17-19H,6-7,9,11-14H2,1-5H3. The van der Waals surface area contributed by atoms with E-state index >= 15 is 0 Å². The molecule has 1 aliphatic carbocycles. The molecule has 27 heavy (non-hydrogen) atoms. The molecule has 1 saturated heterocycles. The Bertz CT molecular complexity index is 602. The van der Waals surface area contributed by atoms with Gasteiger partial charge >= 0.3 is 11.9 Å². The van der Waals surface area contributed by atoms with Gasteiger partial charge in [-0.3, -0.25) is 4.79 Å². The monoisotopic (exact) mass is 378 g/mol. The average Bonchev–Trinajstić information content (AvgIpc) is 2.94. The van der Waals surface area contributed by atoms with Crippen LogP contribution in [0.1, 0.15) is 65.7 Å². The Labute approximate surface area is 163 Å². The van der Waals surface area contributed by atoms with Crippen molar-refractivity contribution in [2.75, 3.05) is 14.2 Å². The van der Waals surface area contributed by atoms with Gasteiger partial charge in [0.05, 0.1) is 31.8 Å². The van der Waals surface area contributed by atoms with Crippen LogP contribution in [0.25, 0.3) is 0 Å². The van der Waals surface area contributed by atoms with E-state index in [0.29, 0.717) is 30.8 Å². The molecule has 2 aliphatic rings. The van der Waals surface area contributed by atoms with Crippen LogP contribution in [-0.2, 0) is 23.8 Å². The van der Waals surface area contributed by atoms with E-state index in [1.807, 2.05) is 6.08 Å². The summed E-state index contributed by atoms with van der Waals surface area (Å²) in [6.45, 7) is 6.39. The quantitative estimate of drug-likeness (QED) is 0.528. The van der Waals surface area contributed by atoms with E-state index in [9.17, 15) is 9.59 Å². The van der Waals surface area contributed by atoms with Gasteiger partial charge in [0.1, 0.15) is 0 Å². The van der Waals surface area contributed by atoms with Gasteiger partial charge in [0.25, 0.3) is 0 Å². The molecule has 0 aromatic carbocycles. The van der Waals surface area contributed by atoms with Crippen molar-refractivity contribution in [1.29, 1.82) is 0 Å². The Morgan fingerprint density at radius 2 is 1.81 bits per heavy atom. The van der Waals surface area contributed by atoms with E-state index < -0.39 is 0 Å². The summed E-state index contributed by atoms with van der Waals surface area (Å²) in [7, 11) is 2.83. The second kappa shape index (κ2) is 9.54. The number of hydrogen-bond acceptors (Lipinski definition) is 5. The molecule has 5 nitrogen and oxygen atoms in total. The first-order valence-corrected chi connectivity index (χ1v) is 9.97. The van der Waals surface area contributed by atoms with Crippen molar-refractivity contribution in [1.82, 2.24) is 0 Å². The molecule has 3 atom stereocenters. The van der Waals surface area contributed by atoms with E-state index in [-0.39, 0.29) is 29.6 Å². The summed E-state index contributed by atoms with van der Waals surface area (Å²) in [4.78, 5) is 24.5. The molecular formula is C22H34O5. The lowest BCUT2D eigenvalue weighted by Gasteiger charge is -2.27. The van der Waals surface area contributed by atoms with Crippen LogP contribution in [0.5, 0.6) is 0 Å². The van der Waals surface area contributed by atoms with Crippen molar-refractivity contribution in [3.05, 3.63) is 23.3 Å². The Kier molecular flexibility index (Phi) is 7.66. The number of methoxy groups -OCH3 is 2. The molecule has 0 radical (unpaired) electrons. The fourth-order valence-corrected chi connectivity index (χ4v) is 4.25. The minimum atomic E-state index is -0.311. The first kappa shape index (κ1) is 21.7. The van der Waals surface area contributed by atoms with Crippen LogP contribution in [0.4, 0.5) is 0 Å². The van der Waals surface area contributed by atoms with Crippen molar-refractivity contribution >= 4 is 11.9 Å². The molecule has 3 unspecified atom stereocenters. The van der Waals surface area contributed by atoms with Crippen LogP contribution in [0.2, 0.25) is 0 Å². The zero-order chi connectivity index (χ0) is 20.0. The van der Waals surface area contributed by atoms with Crippen LogP contribution in [0.15, 0.2) is 23.3 Å². The van der Waals surface area contributed by atoms with Crippen LogP contribution in [0.3, 0.4) is 0 Å². The van der Waals surface area contributed by atoms with Crippen molar-refractivity contribution in [2.45, 2.75) is 77.4 Å². The highest BCUT2D eigenvalue weighted by Crippen LogP contribution is 2.42. The number of rotatable bonds is 2. The van der Waals surface area contributed by atoms with E-state index in [0.717, 1.165) is 25.7 Å². The summed E-state index contributed by atoms with van der Waals surface area (Å²) < 4.78 is 16.3. The number of carbonyl (C=O) groups excluding carboxylic acids is 2. The molecule has 0 aromatic rings. The number of ether oxygens (including phenoxy) is 3. The maximum atomic E-state index is 12.4. The topological polar surface area (TPSA) is 61.8 Å².